The fraction of sp³-hybridized carbons (Fsp3) is 0.778. The van der Waals surface area contributed by atoms with Gasteiger partial charge in [0.05, 0.1) is 6.10 Å². The van der Waals surface area contributed by atoms with Gasteiger partial charge in [-0.25, -0.2) is 4.79 Å². The minimum atomic E-state index is 0.225. The Balaban J connectivity index is 2.50. The van der Waals surface area contributed by atoms with Crippen molar-refractivity contribution in [3.05, 3.63) is 5.70 Å². The maximum atomic E-state index is 10.5. The first kappa shape index (κ1) is 9.30. The zero-order chi connectivity index (χ0) is 8.97. The second kappa shape index (κ2) is 4.29. The van der Waals surface area contributed by atoms with Crippen LogP contribution in [0.3, 0.4) is 0 Å². The smallest absolute Gasteiger partial charge is 0.145 e. The van der Waals surface area contributed by atoms with E-state index in [9.17, 15) is 4.79 Å². The van der Waals surface area contributed by atoms with Crippen LogP contribution in [-0.2, 0) is 9.53 Å². The van der Waals surface area contributed by atoms with Gasteiger partial charge in [0.25, 0.3) is 0 Å². The third-order valence-corrected chi connectivity index (χ3v) is 2.19. The lowest BCUT2D eigenvalue weighted by molar-refractivity contribution is 0.0347. The van der Waals surface area contributed by atoms with E-state index in [2.05, 4.69) is 0 Å². The Labute approximate surface area is 73.0 Å². The van der Waals surface area contributed by atoms with Crippen LogP contribution in [0, 0.1) is 0 Å². The lowest BCUT2D eigenvalue weighted by Crippen LogP contribution is -2.33. The fourth-order valence-corrected chi connectivity index (χ4v) is 1.44. The van der Waals surface area contributed by atoms with Crippen molar-refractivity contribution in [1.82, 2.24) is 4.90 Å². The molecule has 0 amide bonds. The third kappa shape index (κ3) is 2.10. The van der Waals surface area contributed by atoms with Crippen LogP contribution < -0.4 is 0 Å². The van der Waals surface area contributed by atoms with Gasteiger partial charge in [-0.05, 0) is 13.3 Å². The van der Waals surface area contributed by atoms with Crippen molar-refractivity contribution in [2.45, 2.75) is 25.9 Å². The summed E-state index contributed by atoms with van der Waals surface area (Å²) in [6, 6.07) is 0. The summed E-state index contributed by atoms with van der Waals surface area (Å²) in [5.74, 6) is 1.95. The Morgan fingerprint density at radius 3 is 3.08 bits per heavy atom. The highest BCUT2D eigenvalue weighted by atomic mass is 16.5. The summed E-state index contributed by atoms with van der Waals surface area (Å²) in [6.07, 6.45) is 1.95. The molecular weight excluding hydrogens is 154 g/mol. The van der Waals surface area contributed by atoms with E-state index in [1.807, 2.05) is 24.8 Å². The van der Waals surface area contributed by atoms with E-state index in [0.717, 1.165) is 25.3 Å². The highest BCUT2D eigenvalue weighted by Crippen LogP contribution is 2.19. The maximum Gasteiger partial charge on any atom is 0.145 e. The van der Waals surface area contributed by atoms with E-state index in [1.54, 1.807) is 0 Å². The highest BCUT2D eigenvalue weighted by molar-refractivity contribution is 5.51. The van der Waals surface area contributed by atoms with Gasteiger partial charge in [-0.3, -0.25) is 0 Å². The Bertz CT molecular complexity index is 197. The second-order valence-corrected chi connectivity index (χ2v) is 3.04. The molecule has 3 heteroatoms. The second-order valence-electron chi connectivity index (χ2n) is 3.04. The van der Waals surface area contributed by atoms with Crippen molar-refractivity contribution < 1.29 is 9.53 Å². The van der Waals surface area contributed by atoms with Gasteiger partial charge >= 0.3 is 0 Å². The summed E-state index contributed by atoms with van der Waals surface area (Å²) in [5.41, 5.74) is 0.736. The molecule has 1 fully saturated rings. The molecule has 0 aliphatic carbocycles. The molecule has 1 heterocycles. The number of piperidine rings is 1. The van der Waals surface area contributed by atoms with Crippen molar-refractivity contribution >= 4 is 5.94 Å². The molecule has 0 aromatic rings. The first-order valence-electron chi connectivity index (χ1n) is 4.34. The number of nitrogens with zero attached hydrogens (tertiary/aromatic N) is 1. The van der Waals surface area contributed by atoms with Crippen molar-refractivity contribution in [3.63, 3.8) is 0 Å². The molecule has 1 saturated heterocycles. The summed E-state index contributed by atoms with van der Waals surface area (Å²) in [7, 11) is 1.92. The van der Waals surface area contributed by atoms with E-state index < -0.39 is 0 Å². The van der Waals surface area contributed by atoms with Gasteiger partial charge < -0.3 is 9.64 Å². The third-order valence-electron chi connectivity index (χ3n) is 2.19. The summed E-state index contributed by atoms with van der Waals surface area (Å²) < 4.78 is 5.44. The minimum absolute atomic E-state index is 0.225. The predicted octanol–water partition coefficient (Wildman–Crippen LogP) is 0.833. The number of hydrogen-bond acceptors (Lipinski definition) is 3. The van der Waals surface area contributed by atoms with E-state index in [-0.39, 0.29) is 6.10 Å². The average molecular weight is 169 g/mol. The van der Waals surface area contributed by atoms with Crippen LogP contribution in [0.15, 0.2) is 5.70 Å². The molecule has 1 rings (SSSR count). The van der Waals surface area contributed by atoms with E-state index in [0.29, 0.717) is 6.42 Å². The van der Waals surface area contributed by atoms with Crippen LogP contribution in [0.1, 0.15) is 19.8 Å². The number of carbonyl (C=O) groups excluding carboxylic acids is 1. The number of ether oxygens (including phenoxy) is 1. The van der Waals surface area contributed by atoms with E-state index in [4.69, 9.17) is 4.74 Å². The van der Waals surface area contributed by atoms with Crippen LogP contribution in [-0.4, -0.2) is 37.1 Å². The molecule has 1 aliphatic heterocycles. The molecule has 0 radical (unpaired) electrons. The molecule has 0 aromatic heterocycles. The first-order chi connectivity index (χ1) is 5.77. The van der Waals surface area contributed by atoms with Crippen molar-refractivity contribution in [1.29, 1.82) is 0 Å². The standard InChI is InChI=1S/C9H15NO2/c1-3-12-9-4-5-10(2)8(6-9)7-11/h9H,3-6H2,1-2H3. The molecule has 12 heavy (non-hydrogen) atoms. The molecule has 1 aliphatic rings. The number of hydrogen-bond donors (Lipinski definition) is 0. The van der Waals surface area contributed by atoms with Crippen LogP contribution in [0.2, 0.25) is 0 Å². The van der Waals surface area contributed by atoms with Crippen LogP contribution >= 0.6 is 0 Å². The fourth-order valence-electron chi connectivity index (χ4n) is 1.44. The molecule has 1 unspecified atom stereocenters. The molecular formula is C9H15NO2. The van der Waals surface area contributed by atoms with E-state index in [1.165, 1.54) is 0 Å². The maximum absolute atomic E-state index is 10.5. The summed E-state index contributed by atoms with van der Waals surface area (Å²) in [4.78, 5) is 12.4. The Hall–Kier alpha value is -0.790. The lowest BCUT2D eigenvalue weighted by atomic mass is 10.1. The molecule has 0 N–H and O–H groups in total. The van der Waals surface area contributed by atoms with Crippen LogP contribution in [0.4, 0.5) is 0 Å². The van der Waals surface area contributed by atoms with Crippen molar-refractivity contribution in [2.24, 2.45) is 0 Å². The Kier molecular flexibility index (Phi) is 3.32. The Morgan fingerprint density at radius 2 is 2.50 bits per heavy atom. The summed E-state index contributed by atoms with van der Waals surface area (Å²) in [5, 5.41) is 0. The van der Waals surface area contributed by atoms with Gasteiger partial charge in [0.1, 0.15) is 11.6 Å². The zero-order valence-corrected chi connectivity index (χ0v) is 7.67. The quantitative estimate of drug-likeness (QED) is 0.573. The first-order valence-corrected chi connectivity index (χ1v) is 4.34. The number of rotatable bonds is 2. The normalized spacial score (nSPS) is 24.0. The SMILES string of the molecule is CCOC1CCN(C)C(=C=O)C1. The molecule has 0 bridgehead atoms. The predicted molar refractivity (Wildman–Crippen MR) is 46.5 cm³/mol. The van der Waals surface area contributed by atoms with Gasteiger partial charge in [0.15, 0.2) is 0 Å². The minimum Gasteiger partial charge on any atom is -0.378 e. The highest BCUT2D eigenvalue weighted by Gasteiger charge is 2.21. The van der Waals surface area contributed by atoms with Gasteiger partial charge in [-0.2, -0.15) is 0 Å². The monoisotopic (exact) mass is 169 g/mol. The van der Waals surface area contributed by atoms with Gasteiger partial charge in [0.2, 0.25) is 0 Å². The average Bonchev–Trinajstić information content (AvgIpc) is 2.09. The van der Waals surface area contributed by atoms with Crippen LogP contribution in [0.25, 0.3) is 0 Å². The largest absolute Gasteiger partial charge is 0.378 e. The topological polar surface area (TPSA) is 29.5 Å². The molecule has 68 valence electrons. The zero-order valence-electron chi connectivity index (χ0n) is 7.67. The van der Waals surface area contributed by atoms with Crippen molar-refractivity contribution in [3.8, 4) is 0 Å². The molecule has 1 atom stereocenters. The summed E-state index contributed by atoms with van der Waals surface area (Å²) >= 11 is 0. The van der Waals surface area contributed by atoms with Crippen LogP contribution in [0.5, 0.6) is 0 Å². The molecule has 0 spiro atoms. The van der Waals surface area contributed by atoms with Gasteiger partial charge in [-0.15, -0.1) is 0 Å². The molecule has 0 saturated carbocycles. The number of likely N-dealkylation sites (tertiary alicyclic amines) is 1. The molecule has 0 aromatic carbocycles. The molecule has 3 nitrogen and oxygen atoms in total. The van der Waals surface area contributed by atoms with Gasteiger partial charge in [-0.1, -0.05) is 0 Å². The summed E-state index contributed by atoms with van der Waals surface area (Å²) in [6.45, 7) is 3.60. The lowest BCUT2D eigenvalue weighted by Gasteiger charge is -2.30. The van der Waals surface area contributed by atoms with Crippen molar-refractivity contribution in [2.75, 3.05) is 20.2 Å². The van der Waals surface area contributed by atoms with E-state index >= 15 is 0 Å². The van der Waals surface area contributed by atoms with Gasteiger partial charge in [0, 0.05) is 26.6 Å². The Morgan fingerprint density at radius 1 is 1.75 bits per heavy atom.